The average molecular weight is 209 g/mol. The molecule has 0 bridgehead atoms. The standard InChI is InChI=1S/C10H15N3O2/c14-6-8-3-10(15)13(5-8)2-1-9-4-11-7-12-9/h4,7-8,14H,1-3,5-6H2,(H,11,12). The minimum Gasteiger partial charge on any atom is -0.396 e. The van der Waals surface area contributed by atoms with Crippen molar-refractivity contribution in [2.24, 2.45) is 5.92 Å². The Kier molecular flexibility index (Phi) is 3.01. The lowest BCUT2D eigenvalue weighted by Crippen LogP contribution is -2.27. The molecule has 5 heteroatoms. The van der Waals surface area contributed by atoms with Gasteiger partial charge in [0.1, 0.15) is 0 Å². The predicted molar refractivity (Wildman–Crippen MR) is 54.1 cm³/mol. The third-order valence-electron chi connectivity index (χ3n) is 2.76. The molecule has 1 aliphatic rings. The van der Waals surface area contributed by atoms with E-state index in [1.807, 2.05) is 4.90 Å². The van der Waals surface area contributed by atoms with Gasteiger partial charge in [0, 0.05) is 50.3 Å². The zero-order valence-electron chi connectivity index (χ0n) is 8.52. The van der Waals surface area contributed by atoms with Crippen LogP contribution in [0.15, 0.2) is 12.5 Å². The van der Waals surface area contributed by atoms with E-state index in [1.165, 1.54) is 0 Å². The summed E-state index contributed by atoms with van der Waals surface area (Å²) in [5.74, 6) is 0.271. The lowest BCUT2D eigenvalue weighted by atomic mass is 10.1. The van der Waals surface area contributed by atoms with E-state index in [2.05, 4.69) is 9.97 Å². The van der Waals surface area contributed by atoms with Crippen LogP contribution in [0, 0.1) is 5.92 Å². The smallest absolute Gasteiger partial charge is 0.223 e. The van der Waals surface area contributed by atoms with Crippen molar-refractivity contribution in [3.8, 4) is 0 Å². The number of likely N-dealkylation sites (tertiary alicyclic amines) is 1. The van der Waals surface area contributed by atoms with E-state index >= 15 is 0 Å². The maximum atomic E-state index is 11.5. The quantitative estimate of drug-likeness (QED) is 0.721. The van der Waals surface area contributed by atoms with Crippen LogP contribution in [0.4, 0.5) is 0 Å². The molecule has 5 nitrogen and oxygen atoms in total. The molecule has 1 aromatic heterocycles. The molecule has 0 spiro atoms. The number of carbonyl (C=O) groups excluding carboxylic acids is 1. The van der Waals surface area contributed by atoms with E-state index in [1.54, 1.807) is 12.5 Å². The fourth-order valence-electron chi connectivity index (χ4n) is 1.87. The van der Waals surface area contributed by atoms with Crippen LogP contribution in [-0.4, -0.2) is 45.6 Å². The normalized spacial score (nSPS) is 21.3. The largest absolute Gasteiger partial charge is 0.396 e. The number of aromatic amines is 1. The Morgan fingerprint density at radius 3 is 3.13 bits per heavy atom. The lowest BCUT2D eigenvalue weighted by Gasteiger charge is -2.15. The van der Waals surface area contributed by atoms with Gasteiger partial charge in [0.05, 0.1) is 6.33 Å². The molecule has 1 atom stereocenters. The van der Waals surface area contributed by atoms with Crippen LogP contribution in [0.25, 0.3) is 0 Å². The van der Waals surface area contributed by atoms with Gasteiger partial charge in [-0.2, -0.15) is 0 Å². The van der Waals surface area contributed by atoms with Crippen molar-refractivity contribution in [1.82, 2.24) is 14.9 Å². The van der Waals surface area contributed by atoms with Gasteiger partial charge in [-0.3, -0.25) is 4.79 Å². The number of rotatable bonds is 4. The SMILES string of the molecule is O=C1CC(CO)CN1CCc1cnc[nH]1. The highest BCUT2D eigenvalue weighted by Gasteiger charge is 2.28. The molecule has 2 heterocycles. The lowest BCUT2D eigenvalue weighted by molar-refractivity contribution is -0.127. The van der Waals surface area contributed by atoms with Crippen LogP contribution >= 0.6 is 0 Å². The van der Waals surface area contributed by atoms with Gasteiger partial charge in [-0.1, -0.05) is 0 Å². The molecular formula is C10H15N3O2. The second-order valence-corrected chi connectivity index (χ2v) is 3.92. The molecule has 82 valence electrons. The van der Waals surface area contributed by atoms with Gasteiger partial charge in [0.15, 0.2) is 0 Å². The molecule has 2 rings (SSSR count). The van der Waals surface area contributed by atoms with Crippen molar-refractivity contribution in [2.75, 3.05) is 19.7 Å². The summed E-state index contributed by atoms with van der Waals surface area (Å²) in [6, 6.07) is 0. The second kappa shape index (κ2) is 4.44. The van der Waals surface area contributed by atoms with E-state index < -0.39 is 0 Å². The first-order valence-corrected chi connectivity index (χ1v) is 5.15. The van der Waals surface area contributed by atoms with Gasteiger partial charge in [-0.15, -0.1) is 0 Å². The van der Waals surface area contributed by atoms with Crippen molar-refractivity contribution < 1.29 is 9.90 Å². The van der Waals surface area contributed by atoms with Crippen molar-refractivity contribution in [1.29, 1.82) is 0 Å². The molecule has 1 aromatic rings. The molecule has 1 unspecified atom stereocenters. The van der Waals surface area contributed by atoms with E-state index in [9.17, 15) is 4.79 Å². The zero-order valence-corrected chi connectivity index (χ0v) is 8.52. The van der Waals surface area contributed by atoms with Crippen LogP contribution in [-0.2, 0) is 11.2 Å². The highest BCUT2D eigenvalue weighted by molar-refractivity contribution is 5.78. The van der Waals surface area contributed by atoms with Gasteiger partial charge in [0.25, 0.3) is 0 Å². The Morgan fingerprint density at radius 1 is 1.67 bits per heavy atom. The molecule has 0 saturated carbocycles. The maximum absolute atomic E-state index is 11.5. The first kappa shape index (κ1) is 10.2. The molecule has 1 saturated heterocycles. The molecule has 0 aliphatic carbocycles. The monoisotopic (exact) mass is 209 g/mol. The summed E-state index contributed by atoms with van der Waals surface area (Å²) in [7, 11) is 0. The number of H-pyrrole nitrogens is 1. The number of nitrogens with one attached hydrogen (secondary N) is 1. The van der Waals surface area contributed by atoms with Crippen LogP contribution in [0.5, 0.6) is 0 Å². The summed E-state index contributed by atoms with van der Waals surface area (Å²) in [6.45, 7) is 1.49. The number of hydrogen-bond donors (Lipinski definition) is 2. The first-order valence-electron chi connectivity index (χ1n) is 5.15. The maximum Gasteiger partial charge on any atom is 0.223 e. The number of nitrogens with zero attached hydrogens (tertiary/aromatic N) is 2. The van der Waals surface area contributed by atoms with E-state index in [0.29, 0.717) is 19.5 Å². The molecular weight excluding hydrogens is 194 g/mol. The van der Waals surface area contributed by atoms with E-state index in [0.717, 1.165) is 12.1 Å². The van der Waals surface area contributed by atoms with Crippen LogP contribution in [0.1, 0.15) is 12.1 Å². The molecule has 0 radical (unpaired) electrons. The number of aromatic nitrogens is 2. The minimum absolute atomic E-state index is 0.103. The highest BCUT2D eigenvalue weighted by Crippen LogP contribution is 2.16. The van der Waals surface area contributed by atoms with Gasteiger partial charge in [-0.25, -0.2) is 4.98 Å². The summed E-state index contributed by atoms with van der Waals surface area (Å²) < 4.78 is 0. The van der Waals surface area contributed by atoms with Gasteiger partial charge >= 0.3 is 0 Å². The molecule has 1 amide bonds. The van der Waals surface area contributed by atoms with Crippen molar-refractivity contribution in [3.05, 3.63) is 18.2 Å². The number of hydrogen-bond acceptors (Lipinski definition) is 3. The number of carbonyl (C=O) groups is 1. The Hall–Kier alpha value is -1.36. The van der Waals surface area contributed by atoms with Crippen LogP contribution in [0.3, 0.4) is 0 Å². The summed E-state index contributed by atoms with van der Waals surface area (Å²) >= 11 is 0. The fraction of sp³-hybridized carbons (Fsp3) is 0.600. The van der Waals surface area contributed by atoms with Gasteiger partial charge in [0.2, 0.25) is 5.91 Å². The molecule has 0 aromatic carbocycles. The van der Waals surface area contributed by atoms with Crippen molar-refractivity contribution in [2.45, 2.75) is 12.8 Å². The number of aliphatic hydroxyl groups excluding tert-OH is 1. The number of imidazole rings is 1. The zero-order chi connectivity index (χ0) is 10.7. The molecule has 15 heavy (non-hydrogen) atoms. The van der Waals surface area contributed by atoms with Crippen LogP contribution in [0.2, 0.25) is 0 Å². The summed E-state index contributed by atoms with van der Waals surface area (Å²) in [6.07, 6.45) is 4.69. The highest BCUT2D eigenvalue weighted by atomic mass is 16.3. The summed E-state index contributed by atoms with van der Waals surface area (Å²) in [5.41, 5.74) is 1.04. The number of aliphatic hydroxyl groups is 1. The molecule has 1 fully saturated rings. The molecule has 2 N–H and O–H groups in total. The average Bonchev–Trinajstić information content (AvgIpc) is 2.84. The second-order valence-electron chi connectivity index (χ2n) is 3.92. The molecule has 1 aliphatic heterocycles. The fourth-order valence-corrected chi connectivity index (χ4v) is 1.87. The number of amides is 1. The van der Waals surface area contributed by atoms with Crippen molar-refractivity contribution >= 4 is 5.91 Å². The van der Waals surface area contributed by atoms with Crippen LogP contribution < -0.4 is 0 Å². The van der Waals surface area contributed by atoms with Gasteiger partial charge in [-0.05, 0) is 0 Å². The summed E-state index contributed by atoms with van der Waals surface area (Å²) in [5, 5.41) is 8.96. The Morgan fingerprint density at radius 2 is 2.53 bits per heavy atom. The van der Waals surface area contributed by atoms with E-state index in [-0.39, 0.29) is 18.4 Å². The third kappa shape index (κ3) is 2.36. The predicted octanol–water partition coefficient (Wildman–Crippen LogP) is -0.207. The Labute approximate surface area is 88.1 Å². The third-order valence-corrected chi connectivity index (χ3v) is 2.76. The first-order chi connectivity index (χ1) is 7.29. The van der Waals surface area contributed by atoms with Crippen molar-refractivity contribution in [3.63, 3.8) is 0 Å². The topological polar surface area (TPSA) is 69.2 Å². The van der Waals surface area contributed by atoms with E-state index in [4.69, 9.17) is 5.11 Å². The Balaban J connectivity index is 1.83. The Bertz CT molecular complexity index is 323. The summed E-state index contributed by atoms with van der Waals surface area (Å²) in [4.78, 5) is 20.2. The minimum atomic E-state index is 0.103. The van der Waals surface area contributed by atoms with Gasteiger partial charge < -0.3 is 15.0 Å².